The first-order chi connectivity index (χ1) is 9.47. The van der Waals surface area contributed by atoms with E-state index in [-0.39, 0.29) is 17.3 Å². The fourth-order valence-corrected chi connectivity index (χ4v) is 2.81. The highest BCUT2D eigenvalue weighted by molar-refractivity contribution is 5.21. The van der Waals surface area contributed by atoms with Crippen LogP contribution in [0.5, 0.6) is 0 Å². The molecule has 0 spiro atoms. The van der Waals surface area contributed by atoms with Crippen molar-refractivity contribution in [3.63, 3.8) is 0 Å². The van der Waals surface area contributed by atoms with E-state index >= 15 is 0 Å². The summed E-state index contributed by atoms with van der Waals surface area (Å²) in [5, 5.41) is 3.69. The third-order valence-electron chi connectivity index (χ3n) is 4.02. The highest BCUT2D eigenvalue weighted by Gasteiger charge is 2.27. The van der Waals surface area contributed by atoms with E-state index < -0.39 is 0 Å². The summed E-state index contributed by atoms with van der Waals surface area (Å²) in [7, 11) is 0. The SMILES string of the molecule is CC(C)(C)C(NCC1CCOCC1)c1ccc(F)cc1. The fraction of sp³-hybridized carbons (Fsp3) is 0.647. The lowest BCUT2D eigenvalue weighted by molar-refractivity contribution is 0.0637. The van der Waals surface area contributed by atoms with E-state index in [9.17, 15) is 4.39 Å². The lowest BCUT2D eigenvalue weighted by Crippen LogP contribution is -2.36. The molecule has 1 heterocycles. The van der Waals surface area contributed by atoms with Crippen molar-refractivity contribution in [3.05, 3.63) is 35.6 Å². The van der Waals surface area contributed by atoms with Crippen LogP contribution >= 0.6 is 0 Å². The van der Waals surface area contributed by atoms with E-state index in [1.807, 2.05) is 12.1 Å². The molecular formula is C17H26FNO. The third kappa shape index (κ3) is 4.29. The van der Waals surface area contributed by atoms with Gasteiger partial charge < -0.3 is 10.1 Å². The molecule has 1 aromatic rings. The number of benzene rings is 1. The van der Waals surface area contributed by atoms with Crippen LogP contribution in [0.2, 0.25) is 0 Å². The van der Waals surface area contributed by atoms with Gasteiger partial charge in [0.15, 0.2) is 0 Å². The molecule has 3 heteroatoms. The Morgan fingerprint density at radius 1 is 1.20 bits per heavy atom. The molecular weight excluding hydrogens is 253 g/mol. The molecule has 0 radical (unpaired) electrons. The maximum atomic E-state index is 13.1. The fourth-order valence-electron chi connectivity index (χ4n) is 2.81. The average molecular weight is 279 g/mol. The van der Waals surface area contributed by atoms with Crippen LogP contribution in [0.1, 0.15) is 45.2 Å². The van der Waals surface area contributed by atoms with Gasteiger partial charge in [0.05, 0.1) is 0 Å². The Labute approximate surface area is 121 Å². The molecule has 1 N–H and O–H groups in total. The highest BCUT2D eigenvalue weighted by atomic mass is 19.1. The molecule has 20 heavy (non-hydrogen) atoms. The topological polar surface area (TPSA) is 21.3 Å². The van der Waals surface area contributed by atoms with Crippen LogP contribution in [-0.4, -0.2) is 19.8 Å². The van der Waals surface area contributed by atoms with Gasteiger partial charge in [-0.15, -0.1) is 0 Å². The van der Waals surface area contributed by atoms with E-state index in [1.165, 1.54) is 0 Å². The maximum absolute atomic E-state index is 13.1. The number of ether oxygens (including phenoxy) is 1. The number of nitrogens with one attached hydrogen (secondary N) is 1. The van der Waals surface area contributed by atoms with Gasteiger partial charge in [-0.2, -0.15) is 0 Å². The molecule has 0 amide bonds. The van der Waals surface area contributed by atoms with Crippen LogP contribution < -0.4 is 5.32 Å². The Balaban J connectivity index is 2.02. The van der Waals surface area contributed by atoms with Crippen LogP contribution in [0.3, 0.4) is 0 Å². The molecule has 0 bridgehead atoms. The Morgan fingerprint density at radius 2 is 1.80 bits per heavy atom. The van der Waals surface area contributed by atoms with Gasteiger partial charge in [0.25, 0.3) is 0 Å². The Hall–Kier alpha value is -0.930. The number of hydrogen-bond donors (Lipinski definition) is 1. The van der Waals surface area contributed by atoms with Crippen LogP contribution in [0, 0.1) is 17.2 Å². The summed E-state index contributed by atoms with van der Waals surface area (Å²) in [4.78, 5) is 0. The third-order valence-corrected chi connectivity index (χ3v) is 4.02. The van der Waals surface area contributed by atoms with Gasteiger partial charge in [-0.25, -0.2) is 4.39 Å². The largest absolute Gasteiger partial charge is 0.381 e. The molecule has 0 saturated carbocycles. The molecule has 2 rings (SSSR count). The minimum atomic E-state index is -0.175. The zero-order chi connectivity index (χ0) is 14.6. The summed E-state index contributed by atoms with van der Waals surface area (Å²) in [5.41, 5.74) is 1.26. The monoisotopic (exact) mass is 279 g/mol. The second-order valence-electron chi connectivity index (χ2n) is 6.81. The molecule has 1 unspecified atom stereocenters. The van der Waals surface area contributed by atoms with E-state index in [0.29, 0.717) is 5.92 Å². The Kier molecular flexibility index (Phi) is 5.17. The predicted molar refractivity (Wildman–Crippen MR) is 80.1 cm³/mol. The smallest absolute Gasteiger partial charge is 0.123 e. The summed E-state index contributed by atoms with van der Waals surface area (Å²) in [6.07, 6.45) is 2.26. The summed E-state index contributed by atoms with van der Waals surface area (Å²) in [5.74, 6) is 0.514. The highest BCUT2D eigenvalue weighted by Crippen LogP contribution is 2.33. The van der Waals surface area contributed by atoms with Gasteiger partial charge in [-0.05, 0) is 48.4 Å². The summed E-state index contributed by atoms with van der Waals surface area (Å²) in [6, 6.07) is 7.12. The van der Waals surface area contributed by atoms with Crippen molar-refractivity contribution >= 4 is 0 Å². The van der Waals surface area contributed by atoms with Crippen molar-refractivity contribution in [2.75, 3.05) is 19.8 Å². The lowest BCUT2D eigenvalue weighted by atomic mass is 9.82. The van der Waals surface area contributed by atoms with Crippen molar-refractivity contribution in [2.45, 2.75) is 39.7 Å². The number of hydrogen-bond acceptors (Lipinski definition) is 2. The zero-order valence-corrected chi connectivity index (χ0v) is 12.8. The Bertz CT molecular complexity index is 404. The van der Waals surface area contributed by atoms with Crippen molar-refractivity contribution in [3.8, 4) is 0 Å². The van der Waals surface area contributed by atoms with Gasteiger partial charge in [-0.1, -0.05) is 32.9 Å². The minimum absolute atomic E-state index is 0.100. The number of rotatable bonds is 4. The van der Waals surface area contributed by atoms with Crippen molar-refractivity contribution in [1.29, 1.82) is 0 Å². The van der Waals surface area contributed by atoms with Crippen LogP contribution in [0.25, 0.3) is 0 Å². The quantitative estimate of drug-likeness (QED) is 0.901. The molecule has 112 valence electrons. The van der Waals surface area contributed by atoms with Gasteiger partial charge in [0.2, 0.25) is 0 Å². The standard InChI is InChI=1S/C17H26FNO/c1-17(2,3)16(14-4-6-15(18)7-5-14)19-12-13-8-10-20-11-9-13/h4-7,13,16,19H,8-12H2,1-3H3. The van der Waals surface area contributed by atoms with Gasteiger partial charge in [0.1, 0.15) is 5.82 Å². The van der Waals surface area contributed by atoms with Gasteiger partial charge in [-0.3, -0.25) is 0 Å². The molecule has 2 nitrogen and oxygen atoms in total. The Morgan fingerprint density at radius 3 is 2.35 bits per heavy atom. The van der Waals surface area contributed by atoms with Gasteiger partial charge in [0, 0.05) is 19.3 Å². The zero-order valence-electron chi connectivity index (χ0n) is 12.8. The lowest BCUT2D eigenvalue weighted by Gasteiger charge is -2.34. The second kappa shape index (κ2) is 6.68. The summed E-state index contributed by atoms with van der Waals surface area (Å²) >= 11 is 0. The normalized spacial score (nSPS) is 19.0. The second-order valence-corrected chi connectivity index (χ2v) is 6.81. The molecule has 1 fully saturated rings. The number of halogens is 1. The van der Waals surface area contributed by atoms with Crippen molar-refractivity contribution < 1.29 is 9.13 Å². The molecule has 1 aliphatic rings. The molecule has 0 aromatic heterocycles. The average Bonchev–Trinajstić information content (AvgIpc) is 2.41. The van der Waals surface area contributed by atoms with E-state index in [1.54, 1.807) is 12.1 Å². The molecule has 1 aliphatic heterocycles. The first kappa shape index (κ1) is 15.5. The molecule has 1 aromatic carbocycles. The van der Waals surface area contributed by atoms with Crippen LogP contribution in [0.4, 0.5) is 4.39 Å². The van der Waals surface area contributed by atoms with E-state index in [0.717, 1.165) is 38.2 Å². The maximum Gasteiger partial charge on any atom is 0.123 e. The first-order valence-electron chi connectivity index (χ1n) is 7.53. The molecule has 0 aliphatic carbocycles. The summed E-state index contributed by atoms with van der Waals surface area (Å²) < 4.78 is 18.5. The molecule has 1 atom stereocenters. The summed E-state index contributed by atoms with van der Waals surface area (Å²) in [6.45, 7) is 9.42. The first-order valence-corrected chi connectivity index (χ1v) is 7.53. The predicted octanol–water partition coefficient (Wildman–Crippen LogP) is 3.93. The minimum Gasteiger partial charge on any atom is -0.381 e. The van der Waals surface area contributed by atoms with Crippen molar-refractivity contribution in [2.24, 2.45) is 11.3 Å². The van der Waals surface area contributed by atoms with E-state index in [2.05, 4.69) is 26.1 Å². The van der Waals surface area contributed by atoms with Crippen molar-refractivity contribution in [1.82, 2.24) is 5.32 Å². The van der Waals surface area contributed by atoms with Gasteiger partial charge >= 0.3 is 0 Å². The molecule has 1 saturated heterocycles. The van der Waals surface area contributed by atoms with Crippen LogP contribution in [0.15, 0.2) is 24.3 Å². The van der Waals surface area contributed by atoms with E-state index in [4.69, 9.17) is 4.74 Å². The van der Waals surface area contributed by atoms with Crippen LogP contribution in [-0.2, 0) is 4.74 Å².